The zero-order valence-electron chi connectivity index (χ0n) is 12.3. The molecule has 1 heterocycles. The molecule has 114 valence electrons. The van der Waals surface area contributed by atoms with Crippen molar-refractivity contribution >= 4 is 27.9 Å². The molecule has 1 aromatic carbocycles. The summed E-state index contributed by atoms with van der Waals surface area (Å²) in [6.45, 7) is -0.595. The van der Waals surface area contributed by atoms with Crippen molar-refractivity contribution in [2.45, 2.75) is 0 Å². The van der Waals surface area contributed by atoms with E-state index in [4.69, 9.17) is 13.2 Å². The number of aromatic hydroxyl groups is 1. The molecule has 1 N–H and O–H groups in total. The first-order valence-corrected chi connectivity index (χ1v) is 6.62. The fraction of sp³-hybridized carbons (Fsp3) is 0.0667. The minimum absolute atomic E-state index is 0.331. The number of pyridine rings is 1. The molecule has 0 unspecified atom stereocenters. The summed E-state index contributed by atoms with van der Waals surface area (Å²) in [5.41, 5.74) is 1.27. The summed E-state index contributed by atoms with van der Waals surface area (Å²) < 4.78 is 3.91. The van der Waals surface area contributed by atoms with Crippen LogP contribution in [0.3, 0.4) is 0 Å². The number of carbonyl (C=O) groups is 2. The van der Waals surface area contributed by atoms with Crippen LogP contribution in [0.25, 0.3) is 11.1 Å². The number of nitrogens with zero attached hydrogens (tertiary/aromatic N) is 3. The van der Waals surface area contributed by atoms with Crippen LogP contribution in [0.5, 0.6) is 5.75 Å². The highest BCUT2D eigenvalue weighted by Gasteiger charge is 2.19. The smallest absolute Gasteiger partial charge is 0.378 e. The summed E-state index contributed by atoms with van der Waals surface area (Å²) >= 11 is 0. The van der Waals surface area contributed by atoms with Crippen LogP contribution in [-0.2, 0) is 9.45 Å². The van der Waals surface area contributed by atoms with Gasteiger partial charge in [-0.3, -0.25) is 9.59 Å². The second kappa shape index (κ2) is 7.33. The predicted octanol–water partition coefficient (Wildman–Crippen LogP) is 0.478. The Hall–Kier alpha value is -3.27. The summed E-state index contributed by atoms with van der Waals surface area (Å²) in [5.74, 6) is -2.22. The molecule has 0 aliphatic heterocycles. The van der Waals surface area contributed by atoms with Crippen molar-refractivity contribution in [2.75, 3.05) is 6.54 Å². The lowest BCUT2D eigenvalue weighted by Gasteiger charge is -2.16. The Morgan fingerprint density at radius 3 is 2.71 bits per heavy atom. The van der Waals surface area contributed by atoms with Gasteiger partial charge in [-0.25, -0.2) is 4.98 Å². The molecular weight excluding hydrogens is 308 g/mol. The lowest BCUT2D eigenvalue weighted by molar-refractivity contribution is -0.133. The number of hydrogen-bond donors (Lipinski definition) is 1. The van der Waals surface area contributed by atoms with Gasteiger partial charge in [0.25, 0.3) is 5.91 Å². The largest absolute Gasteiger partial charge is 0.542 e. The maximum atomic E-state index is 12.1. The van der Waals surface area contributed by atoms with Crippen molar-refractivity contribution < 1.29 is 19.3 Å². The van der Waals surface area contributed by atoms with E-state index in [1.165, 1.54) is 12.3 Å². The van der Waals surface area contributed by atoms with Crippen LogP contribution < -0.4 is 0 Å². The summed E-state index contributed by atoms with van der Waals surface area (Å²) in [5, 5.41) is 18.9. The molecule has 0 aliphatic carbocycles. The second-order valence-corrected chi connectivity index (χ2v) is 4.71. The van der Waals surface area contributed by atoms with Gasteiger partial charge in [0.2, 0.25) is 7.98 Å². The average Bonchev–Trinajstić information content (AvgIpc) is 2.60. The van der Waals surface area contributed by atoms with Crippen LogP contribution in [0.15, 0.2) is 36.5 Å². The van der Waals surface area contributed by atoms with Gasteiger partial charge in [-0.15, -0.1) is 0 Å². The lowest BCUT2D eigenvalue weighted by atomic mass is 10.0. The van der Waals surface area contributed by atoms with Gasteiger partial charge in [0.05, 0.1) is 11.6 Å². The van der Waals surface area contributed by atoms with Gasteiger partial charge >= 0.3 is 14.0 Å². The Bertz CT molecular complexity index is 836. The number of aromatic nitrogens is 1. The number of benzene rings is 1. The summed E-state index contributed by atoms with van der Waals surface area (Å²) in [4.78, 5) is 27.5. The van der Waals surface area contributed by atoms with E-state index in [0.717, 1.165) is 0 Å². The molecule has 0 saturated heterocycles. The third-order valence-corrected chi connectivity index (χ3v) is 3.09. The highest BCUT2D eigenvalue weighted by atomic mass is 16.5. The fourth-order valence-corrected chi connectivity index (χ4v) is 1.93. The third-order valence-electron chi connectivity index (χ3n) is 3.09. The van der Waals surface area contributed by atoms with Gasteiger partial charge in [0.1, 0.15) is 12.3 Å². The van der Waals surface area contributed by atoms with Crippen molar-refractivity contribution in [1.29, 1.82) is 5.26 Å². The van der Waals surface area contributed by atoms with E-state index in [1.54, 1.807) is 24.3 Å². The summed E-state index contributed by atoms with van der Waals surface area (Å²) in [7, 11) is 10.1. The Morgan fingerprint density at radius 2 is 2.08 bits per heavy atom. The highest BCUT2D eigenvalue weighted by Crippen LogP contribution is 2.25. The maximum absolute atomic E-state index is 12.1. The van der Waals surface area contributed by atoms with Gasteiger partial charge in [0, 0.05) is 11.8 Å². The first kappa shape index (κ1) is 17.1. The van der Waals surface area contributed by atoms with Gasteiger partial charge in [-0.05, 0) is 23.8 Å². The monoisotopic (exact) mass is 317 g/mol. The zero-order chi connectivity index (χ0) is 17.7. The Kier molecular flexibility index (Phi) is 5.22. The summed E-state index contributed by atoms with van der Waals surface area (Å²) in [6, 6.07) is 9.98. The van der Waals surface area contributed by atoms with Crippen LogP contribution >= 0.6 is 0 Å². The standard InChI is InChI=1S/C15H9B2N3O4/c16-20(8-13(22)24-17)15(23)14-12(21)5-11(7-19-14)10-3-1-2-9(4-10)6-18/h1-5,7,21H,8H2. The lowest BCUT2D eigenvalue weighted by Crippen LogP contribution is -2.34. The highest BCUT2D eigenvalue weighted by molar-refractivity contribution is 6.20. The normalized spacial score (nSPS) is 9.79. The SMILES string of the molecule is [B]OC(=O)CN([B])C(=O)c1ncc(-c2cccc(C#N)c2)cc1O. The van der Waals surface area contributed by atoms with E-state index in [1.807, 2.05) is 6.07 Å². The minimum Gasteiger partial charge on any atom is -0.542 e. The quantitative estimate of drug-likeness (QED) is 0.823. The van der Waals surface area contributed by atoms with Crippen molar-refractivity contribution in [3.8, 4) is 22.9 Å². The number of amides is 1. The zero-order valence-corrected chi connectivity index (χ0v) is 12.3. The minimum atomic E-state index is -0.921. The van der Waals surface area contributed by atoms with Crippen LogP contribution in [-0.4, -0.2) is 49.4 Å². The molecule has 1 amide bonds. The molecule has 24 heavy (non-hydrogen) atoms. The first-order valence-electron chi connectivity index (χ1n) is 6.62. The van der Waals surface area contributed by atoms with Crippen LogP contribution in [0.2, 0.25) is 0 Å². The number of rotatable bonds is 4. The van der Waals surface area contributed by atoms with Crippen LogP contribution in [0.1, 0.15) is 16.1 Å². The molecule has 0 atom stereocenters. The van der Waals surface area contributed by atoms with E-state index >= 15 is 0 Å². The maximum Gasteiger partial charge on any atom is 0.378 e. The number of nitriles is 1. The number of hydrogen-bond acceptors (Lipinski definition) is 6. The molecule has 0 bridgehead atoms. The van der Waals surface area contributed by atoms with Crippen molar-refractivity contribution in [2.24, 2.45) is 0 Å². The third kappa shape index (κ3) is 3.73. The number of carbonyl (C=O) groups excluding carboxylic acids is 2. The molecule has 0 aliphatic rings. The van der Waals surface area contributed by atoms with E-state index in [0.29, 0.717) is 21.5 Å². The molecule has 2 rings (SSSR count). The van der Waals surface area contributed by atoms with E-state index in [9.17, 15) is 14.7 Å². The Balaban J connectivity index is 2.28. The van der Waals surface area contributed by atoms with Crippen LogP contribution in [0.4, 0.5) is 0 Å². The molecule has 0 spiro atoms. The molecule has 7 nitrogen and oxygen atoms in total. The fourth-order valence-electron chi connectivity index (χ4n) is 1.93. The van der Waals surface area contributed by atoms with Gasteiger partial charge in [-0.2, -0.15) is 5.26 Å². The van der Waals surface area contributed by atoms with Crippen molar-refractivity contribution in [3.05, 3.63) is 47.8 Å². The topological polar surface area (TPSA) is 104 Å². The Morgan fingerprint density at radius 1 is 1.33 bits per heavy atom. The second-order valence-electron chi connectivity index (χ2n) is 4.71. The van der Waals surface area contributed by atoms with E-state index < -0.39 is 24.2 Å². The van der Waals surface area contributed by atoms with E-state index in [2.05, 4.69) is 17.7 Å². The molecule has 4 radical (unpaired) electrons. The van der Waals surface area contributed by atoms with Crippen LogP contribution in [0, 0.1) is 11.3 Å². The molecule has 9 heteroatoms. The Labute approximate surface area is 140 Å². The van der Waals surface area contributed by atoms with E-state index in [-0.39, 0.29) is 5.69 Å². The van der Waals surface area contributed by atoms with Gasteiger partial charge in [-0.1, -0.05) is 12.1 Å². The first-order chi connectivity index (χ1) is 11.5. The van der Waals surface area contributed by atoms with Gasteiger partial charge < -0.3 is 14.6 Å². The van der Waals surface area contributed by atoms with Crippen molar-refractivity contribution in [1.82, 2.24) is 9.79 Å². The molecule has 0 fully saturated rings. The van der Waals surface area contributed by atoms with Crippen molar-refractivity contribution in [3.63, 3.8) is 0 Å². The molecule has 2 aromatic rings. The van der Waals surface area contributed by atoms with Gasteiger partial charge in [0.15, 0.2) is 5.69 Å². The molecular formula is C15H9B2N3O4. The molecule has 0 saturated carbocycles. The predicted molar refractivity (Wildman–Crippen MR) is 84.7 cm³/mol. The average molecular weight is 317 g/mol. The summed E-state index contributed by atoms with van der Waals surface area (Å²) in [6.07, 6.45) is 1.35. The molecule has 1 aromatic heterocycles.